The first-order valence-corrected chi connectivity index (χ1v) is 7.23. The molecule has 1 rings (SSSR count). The summed E-state index contributed by atoms with van der Waals surface area (Å²) in [6.07, 6.45) is 4.94. The Balaban J connectivity index is 2.52. The van der Waals surface area contributed by atoms with E-state index in [1.54, 1.807) is 0 Å². The van der Waals surface area contributed by atoms with Gasteiger partial charge in [0.15, 0.2) is 0 Å². The van der Waals surface area contributed by atoms with Crippen LogP contribution in [0.15, 0.2) is 30.3 Å². The lowest BCUT2D eigenvalue weighted by atomic mass is 9.96. The zero-order chi connectivity index (χ0) is 13.2. The van der Waals surface area contributed by atoms with E-state index in [-0.39, 0.29) is 11.8 Å². The van der Waals surface area contributed by atoms with Gasteiger partial charge in [0.2, 0.25) is 5.91 Å². The van der Waals surface area contributed by atoms with Crippen molar-refractivity contribution < 1.29 is 4.79 Å². The van der Waals surface area contributed by atoms with Gasteiger partial charge in [-0.1, -0.05) is 38.0 Å². The third-order valence-corrected chi connectivity index (χ3v) is 3.27. The molecule has 1 N–H and O–H groups in total. The monoisotopic (exact) mass is 267 g/mol. The normalized spacial score (nSPS) is 12.1. The Labute approximate surface area is 115 Å². The van der Waals surface area contributed by atoms with Crippen LogP contribution in [0.1, 0.15) is 39.0 Å². The number of carbonyl (C=O) groups excluding carboxylic acids is 1. The van der Waals surface area contributed by atoms with Crippen molar-refractivity contribution in [3.05, 3.63) is 30.3 Å². The average molecular weight is 268 g/mol. The minimum Gasteiger partial charge on any atom is -0.326 e. The maximum absolute atomic E-state index is 12.2. The number of unbranched alkanes of at least 4 members (excludes halogenated alkanes) is 1. The SMILES string of the molecule is CCCCC(CCCCl)C(=O)Nc1ccccc1. The van der Waals surface area contributed by atoms with Crippen LogP contribution in [-0.2, 0) is 4.79 Å². The number of alkyl halides is 1. The first kappa shape index (κ1) is 15.0. The molecule has 3 heteroatoms. The van der Waals surface area contributed by atoms with E-state index in [4.69, 9.17) is 11.6 Å². The van der Waals surface area contributed by atoms with Crippen molar-refractivity contribution in [1.82, 2.24) is 0 Å². The highest BCUT2D eigenvalue weighted by Crippen LogP contribution is 2.18. The highest BCUT2D eigenvalue weighted by atomic mass is 35.5. The summed E-state index contributed by atoms with van der Waals surface area (Å²) in [6, 6.07) is 9.62. The van der Waals surface area contributed by atoms with E-state index < -0.39 is 0 Å². The summed E-state index contributed by atoms with van der Waals surface area (Å²) in [7, 11) is 0. The summed E-state index contributed by atoms with van der Waals surface area (Å²) in [4.78, 5) is 12.2. The molecular weight excluding hydrogens is 246 g/mol. The first-order valence-electron chi connectivity index (χ1n) is 6.69. The van der Waals surface area contributed by atoms with E-state index in [0.717, 1.165) is 37.8 Å². The maximum atomic E-state index is 12.2. The Kier molecular flexibility index (Phi) is 7.51. The van der Waals surface area contributed by atoms with Gasteiger partial charge in [-0.05, 0) is 31.4 Å². The Hall–Kier alpha value is -1.02. The number of benzene rings is 1. The van der Waals surface area contributed by atoms with Gasteiger partial charge >= 0.3 is 0 Å². The van der Waals surface area contributed by atoms with Gasteiger partial charge in [0.25, 0.3) is 0 Å². The summed E-state index contributed by atoms with van der Waals surface area (Å²) in [5.74, 6) is 0.838. The Morgan fingerprint density at radius 1 is 1.22 bits per heavy atom. The van der Waals surface area contributed by atoms with Crippen molar-refractivity contribution in [3.8, 4) is 0 Å². The molecule has 0 radical (unpaired) electrons. The molecular formula is C15H22ClNO. The molecule has 0 aliphatic heterocycles. The summed E-state index contributed by atoms with van der Waals surface area (Å²) in [5.41, 5.74) is 0.870. The molecule has 0 aliphatic carbocycles. The van der Waals surface area contributed by atoms with Crippen molar-refractivity contribution in [1.29, 1.82) is 0 Å². The van der Waals surface area contributed by atoms with Crippen molar-refractivity contribution in [2.24, 2.45) is 5.92 Å². The highest BCUT2D eigenvalue weighted by Gasteiger charge is 2.17. The second kappa shape index (κ2) is 8.98. The summed E-state index contributed by atoms with van der Waals surface area (Å²) in [6.45, 7) is 2.15. The lowest BCUT2D eigenvalue weighted by Gasteiger charge is -2.16. The molecule has 0 aliphatic rings. The Morgan fingerprint density at radius 3 is 2.50 bits per heavy atom. The molecule has 1 aromatic carbocycles. The molecule has 100 valence electrons. The van der Waals surface area contributed by atoms with E-state index in [0.29, 0.717) is 5.88 Å². The molecule has 0 bridgehead atoms. The van der Waals surface area contributed by atoms with Gasteiger partial charge in [-0.2, -0.15) is 0 Å². The number of nitrogens with one attached hydrogen (secondary N) is 1. The molecule has 1 amide bonds. The van der Waals surface area contributed by atoms with Crippen LogP contribution >= 0.6 is 11.6 Å². The number of hydrogen-bond donors (Lipinski definition) is 1. The number of para-hydroxylation sites is 1. The predicted octanol–water partition coefficient (Wildman–Crippen LogP) is 4.45. The summed E-state index contributed by atoms with van der Waals surface area (Å²) >= 11 is 5.71. The van der Waals surface area contributed by atoms with Gasteiger partial charge in [0.05, 0.1) is 0 Å². The molecule has 1 atom stereocenters. The third-order valence-electron chi connectivity index (χ3n) is 3.00. The number of halogens is 1. The van der Waals surface area contributed by atoms with Crippen molar-refractivity contribution in [2.45, 2.75) is 39.0 Å². The quantitative estimate of drug-likeness (QED) is 0.693. The fraction of sp³-hybridized carbons (Fsp3) is 0.533. The Bertz CT molecular complexity index is 332. The second-order valence-corrected chi connectivity index (χ2v) is 4.90. The number of carbonyl (C=O) groups is 1. The number of hydrogen-bond acceptors (Lipinski definition) is 1. The molecule has 0 saturated heterocycles. The fourth-order valence-corrected chi connectivity index (χ4v) is 2.10. The number of rotatable bonds is 8. The summed E-state index contributed by atoms with van der Waals surface area (Å²) in [5, 5.41) is 2.98. The number of anilines is 1. The number of amides is 1. The fourth-order valence-electron chi connectivity index (χ4n) is 1.95. The largest absolute Gasteiger partial charge is 0.326 e. The molecule has 0 fully saturated rings. The van der Waals surface area contributed by atoms with Crippen LogP contribution in [0.25, 0.3) is 0 Å². The van der Waals surface area contributed by atoms with Gasteiger partial charge in [0, 0.05) is 17.5 Å². The second-order valence-electron chi connectivity index (χ2n) is 4.53. The highest BCUT2D eigenvalue weighted by molar-refractivity contribution is 6.17. The van der Waals surface area contributed by atoms with Crippen LogP contribution in [0, 0.1) is 5.92 Å². The van der Waals surface area contributed by atoms with Crippen LogP contribution in [0.4, 0.5) is 5.69 Å². The maximum Gasteiger partial charge on any atom is 0.227 e. The lowest BCUT2D eigenvalue weighted by molar-refractivity contribution is -0.120. The van der Waals surface area contributed by atoms with Crippen molar-refractivity contribution in [3.63, 3.8) is 0 Å². The zero-order valence-corrected chi connectivity index (χ0v) is 11.7. The van der Waals surface area contributed by atoms with Gasteiger partial charge in [-0.25, -0.2) is 0 Å². The van der Waals surface area contributed by atoms with E-state index in [1.165, 1.54) is 0 Å². The minimum atomic E-state index is 0.0870. The van der Waals surface area contributed by atoms with E-state index in [2.05, 4.69) is 12.2 Å². The first-order chi connectivity index (χ1) is 8.77. The molecule has 0 saturated carbocycles. The van der Waals surface area contributed by atoms with Crippen molar-refractivity contribution in [2.75, 3.05) is 11.2 Å². The van der Waals surface area contributed by atoms with Crippen LogP contribution in [-0.4, -0.2) is 11.8 Å². The molecule has 0 heterocycles. The third kappa shape index (κ3) is 5.54. The molecule has 1 aromatic rings. The zero-order valence-electron chi connectivity index (χ0n) is 11.0. The summed E-state index contributed by atoms with van der Waals surface area (Å²) < 4.78 is 0. The van der Waals surface area contributed by atoms with Gasteiger partial charge < -0.3 is 5.32 Å². The Morgan fingerprint density at radius 2 is 1.89 bits per heavy atom. The van der Waals surface area contributed by atoms with Gasteiger partial charge in [0.1, 0.15) is 0 Å². The van der Waals surface area contributed by atoms with Gasteiger partial charge in [-0.3, -0.25) is 4.79 Å². The molecule has 0 aromatic heterocycles. The van der Waals surface area contributed by atoms with Crippen LogP contribution in [0.3, 0.4) is 0 Å². The molecule has 0 spiro atoms. The smallest absolute Gasteiger partial charge is 0.227 e. The minimum absolute atomic E-state index is 0.0870. The average Bonchev–Trinajstić information content (AvgIpc) is 2.40. The molecule has 1 unspecified atom stereocenters. The van der Waals surface area contributed by atoms with E-state index in [1.807, 2.05) is 30.3 Å². The standard InChI is InChI=1S/C15H22ClNO/c1-2-3-8-13(9-7-12-16)15(18)17-14-10-5-4-6-11-14/h4-6,10-11,13H,2-3,7-9,12H2,1H3,(H,17,18). The van der Waals surface area contributed by atoms with Crippen molar-refractivity contribution >= 4 is 23.2 Å². The van der Waals surface area contributed by atoms with Gasteiger partial charge in [-0.15, -0.1) is 11.6 Å². The van der Waals surface area contributed by atoms with Crippen LogP contribution < -0.4 is 5.32 Å². The predicted molar refractivity (Wildman–Crippen MR) is 78.0 cm³/mol. The molecule has 18 heavy (non-hydrogen) atoms. The van der Waals surface area contributed by atoms with E-state index in [9.17, 15) is 4.79 Å². The van der Waals surface area contributed by atoms with Crippen LogP contribution in [0.5, 0.6) is 0 Å². The lowest BCUT2D eigenvalue weighted by Crippen LogP contribution is -2.23. The van der Waals surface area contributed by atoms with Crippen LogP contribution in [0.2, 0.25) is 0 Å². The molecule has 2 nitrogen and oxygen atoms in total. The topological polar surface area (TPSA) is 29.1 Å². The van der Waals surface area contributed by atoms with E-state index >= 15 is 0 Å².